The molecule has 1 fully saturated rings. The summed E-state index contributed by atoms with van der Waals surface area (Å²) in [5, 5.41) is 2.89. The first-order valence-electron chi connectivity index (χ1n) is 4.44. The van der Waals surface area contributed by atoms with E-state index < -0.39 is 11.8 Å². The summed E-state index contributed by atoms with van der Waals surface area (Å²) in [5.74, 6) is 0. The standard InChI is InChI=1S/C10H9NO4/c1-10(6-14-9(12)15-10)7-4-2-3-5-8(7)11-13/h2-5H,6H2,1H3. The average molecular weight is 207 g/mol. The molecule has 1 aromatic carbocycles. The van der Waals surface area contributed by atoms with Crippen molar-refractivity contribution in [2.45, 2.75) is 12.5 Å². The molecule has 0 N–H and O–H groups in total. The van der Waals surface area contributed by atoms with Crippen LogP contribution in [0.2, 0.25) is 0 Å². The fourth-order valence-electron chi connectivity index (χ4n) is 1.57. The van der Waals surface area contributed by atoms with Gasteiger partial charge in [0.1, 0.15) is 12.3 Å². The minimum atomic E-state index is -0.915. The van der Waals surface area contributed by atoms with E-state index in [1.165, 1.54) is 0 Å². The summed E-state index contributed by atoms with van der Waals surface area (Å²) < 4.78 is 9.73. The topological polar surface area (TPSA) is 65.0 Å². The number of ether oxygens (including phenoxy) is 2. The van der Waals surface area contributed by atoms with Gasteiger partial charge in [-0.1, -0.05) is 18.2 Å². The minimum Gasteiger partial charge on any atom is -0.430 e. The molecule has 5 heteroatoms. The monoisotopic (exact) mass is 207 g/mol. The summed E-state index contributed by atoms with van der Waals surface area (Å²) >= 11 is 0. The fourth-order valence-corrected chi connectivity index (χ4v) is 1.57. The van der Waals surface area contributed by atoms with Crippen LogP contribution < -0.4 is 0 Å². The Morgan fingerprint density at radius 1 is 1.40 bits per heavy atom. The number of nitroso groups, excluding NO2 is 1. The zero-order valence-electron chi connectivity index (χ0n) is 8.10. The molecule has 78 valence electrons. The number of rotatable bonds is 2. The first-order valence-corrected chi connectivity index (χ1v) is 4.44. The molecule has 1 aliphatic heterocycles. The molecule has 2 rings (SSSR count). The van der Waals surface area contributed by atoms with Crippen molar-refractivity contribution >= 4 is 11.8 Å². The molecule has 1 saturated heterocycles. The quantitative estimate of drug-likeness (QED) is 0.552. The van der Waals surface area contributed by atoms with E-state index in [1.807, 2.05) is 0 Å². The Balaban J connectivity index is 2.44. The zero-order valence-corrected chi connectivity index (χ0v) is 8.10. The normalized spacial score (nSPS) is 24.5. The van der Waals surface area contributed by atoms with Gasteiger partial charge in [0.15, 0.2) is 5.60 Å². The third-order valence-corrected chi connectivity index (χ3v) is 2.35. The van der Waals surface area contributed by atoms with E-state index in [9.17, 15) is 9.70 Å². The molecule has 0 saturated carbocycles. The molecule has 1 atom stereocenters. The van der Waals surface area contributed by atoms with Crippen LogP contribution in [0.25, 0.3) is 0 Å². The number of cyclic esters (lactones) is 2. The summed E-state index contributed by atoms with van der Waals surface area (Å²) in [6.07, 6.45) is -0.724. The lowest BCUT2D eigenvalue weighted by Gasteiger charge is -2.20. The third-order valence-electron chi connectivity index (χ3n) is 2.35. The second-order valence-corrected chi connectivity index (χ2v) is 3.48. The number of nitrogens with zero attached hydrogens (tertiary/aromatic N) is 1. The van der Waals surface area contributed by atoms with Gasteiger partial charge in [0.25, 0.3) is 0 Å². The molecule has 0 radical (unpaired) electrons. The second kappa shape index (κ2) is 3.34. The van der Waals surface area contributed by atoms with Crippen LogP contribution >= 0.6 is 0 Å². The van der Waals surface area contributed by atoms with Gasteiger partial charge in [0, 0.05) is 5.56 Å². The van der Waals surface area contributed by atoms with Crippen molar-refractivity contribution < 1.29 is 14.3 Å². The second-order valence-electron chi connectivity index (χ2n) is 3.48. The van der Waals surface area contributed by atoms with Crippen molar-refractivity contribution in [2.24, 2.45) is 5.18 Å². The van der Waals surface area contributed by atoms with Gasteiger partial charge in [-0.15, -0.1) is 4.91 Å². The highest BCUT2D eigenvalue weighted by Crippen LogP contribution is 2.36. The van der Waals surface area contributed by atoms with Gasteiger partial charge in [0.05, 0.1) is 0 Å². The highest BCUT2D eigenvalue weighted by atomic mass is 16.8. The van der Waals surface area contributed by atoms with E-state index >= 15 is 0 Å². The molecule has 1 aromatic rings. The molecular weight excluding hydrogens is 198 g/mol. The first kappa shape index (κ1) is 9.64. The van der Waals surface area contributed by atoms with E-state index in [4.69, 9.17) is 9.47 Å². The summed E-state index contributed by atoms with van der Waals surface area (Å²) in [5.41, 5.74) is -0.0918. The molecule has 0 spiro atoms. The van der Waals surface area contributed by atoms with Gasteiger partial charge in [-0.05, 0) is 18.2 Å². The maximum Gasteiger partial charge on any atom is 0.509 e. The number of carbonyl (C=O) groups is 1. The number of benzene rings is 1. The van der Waals surface area contributed by atoms with Gasteiger partial charge >= 0.3 is 6.16 Å². The van der Waals surface area contributed by atoms with E-state index in [1.54, 1.807) is 31.2 Å². The lowest BCUT2D eigenvalue weighted by atomic mass is 9.95. The van der Waals surface area contributed by atoms with Gasteiger partial charge in [-0.3, -0.25) is 0 Å². The lowest BCUT2D eigenvalue weighted by Crippen LogP contribution is -2.24. The molecule has 0 aliphatic carbocycles. The highest BCUT2D eigenvalue weighted by molar-refractivity contribution is 5.64. The van der Waals surface area contributed by atoms with Crippen LogP contribution in [-0.4, -0.2) is 12.8 Å². The molecule has 0 bridgehead atoms. The Labute approximate surface area is 86.0 Å². The van der Waals surface area contributed by atoms with Crippen LogP contribution in [0.1, 0.15) is 12.5 Å². The predicted octanol–water partition coefficient (Wildman–Crippen LogP) is 2.47. The molecule has 1 unspecified atom stereocenters. The van der Waals surface area contributed by atoms with E-state index in [0.29, 0.717) is 5.56 Å². The maximum atomic E-state index is 10.9. The van der Waals surface area contributed by atoms with E-state index in [-0.39, 0.29) is 12.3 Å². The SMILES string of the molecule is CC1(c2ccccc2N=O)COC(=O)O1. The Bertz CT molecular complexity index is 418. The summed E-state index contributed by atoms with van der Waals surface area (Å²) in [6.45, 7) is 1.78. The largest absolute Gasteiger partial charge is 0.509 e. The third kappa shape index (κ3) is 1.56. The highest BCUT2D eigenvalue weighted by Gasteiger charge is 2.41. The van der Waals surface area contributed by atoms with E-state index in [2.05, 4.69) is 5.18 Å². The van der Waals surface area contributed by atoms with Crippen LogP contribution in [0.15, 0.2) is 29.4 Å². The van der Waals surface area contributed by atoms with Gasteiger partial charge < -0.3 is 9.47 Å². The van der Waals surface area contributed by atoms with Crippen molar-refractivity contribution in [3.63, 3.8) is 0 Å². The molecule has 5 nitrogen and oxygen atoms in total. The van der Waals surface area contributed by atoms with Crippen molar-refractivity contribution in [2.75, 3.05) is 6.61 Å². The molecular formula is C10H9NO4. The van der Waals surface area contributed by atoms with Crippen molar-refractivity contribution in [1.82, 2.24) is 0 Å². The van der Waals surface area contributed by atoms with Crippen LogP contribution in [0.3, 0.4) is 0 Å². The molecule has 1 aliphatic rings. The lowest BCUT2D eigenvalue weighted by molar-refractivity contribution is 0.0698. The number of hydrogen-bond donors (Lipinski definition) is 0. The molecule has 0 amide bonds. The fraction of sp³-hybridized carbons (Fsp3) is 0.300. The Kier molecular flexibility index (Phi) is 2.15. The molecule has 1 heterocycles. The first-order chi connectivity index (χ1) is 7.15. The Morgan fingerprint density at radius 2 is 2.13 bits per heavy atom. The summed E-state index contributed by atoms with van der Waals surface area (Å²) in [6, 6.07) is 6.71. The van der Waals surface area contributed by atoms with Crippen LogP contribution in [0.5, 0.6) is 0 Å². The zero-order chi connectivity index (χ0) is 10.9. The number of hydrogen-bond acceptors (Lipinski definition) is 5. The molecule has 15 heavy (non-hydrogen) atoms. The summed E-state index contributed by atoms with van der Waals surface area (Å²) in [4.78, 5) is 21.5. The van der Waals surface area contributed by atoms with Gasteiger partial charge in [-0.25, -0.2) is 4.79 Å². The van der Waals surface area contributed by atoms with E-state index in [0.717, 1.165) is 0 Å². The summed E-state index contributed by atoms with van der Waals surface area (Å²) in [7, 11) is 0. The van der Waals surface area contributed by atoms with Crippen LogP contribution in [0, 0.1) is 4.91 Å². The van der Waals surface area contributed by atoms with Crippen LogP contribution in [-0.2, 0) is 15.1 Å². The Morgan fingerprint density at radius 3 is 2.73 bits per heavy atom. The van der Waals surface area contributed by atoms with Gasteiger partial charge in [-0.2, -0.15) is 0 Å². The maximum absolute atomic E-state index is 10.9. The van der Waals surface area contributed by atoms with Crippen molar-refractivity contribution in [3.8, 4) is 0 Å². The number of carbonyl (C=O) groups excluding carboxylic acids is 1. The molecule has 0 aromatic heterocycles. The van der Waals surface area contributed by atoms with Crippen LogP contribution in [0.4, 0.5) is 10.5 Å². The predicted molar refractivity (Wildman–Crippen MR) is 51.7 cm³/mol. The smallest absolute Gasteiger partial charge is 0.430 e. The average Bonchev–Trinajstić information content (AvgIpc) is 2.60. The minimum absolute atomic E-state index is 0.0956. The van der Waals surface area contributed by atoms with Gasteiger partial charge in [0.2, 0.25) is 0 Å². The van der Waals surface area contributed by atoms with Crippen molar-refractivity contribution in [1.29, 1.82) is 0 Å². The van der Waals surface area contributed by atoms with Crippen molar-refractivity contribution in [3.05, 3.63) is 34.7 Å². The Hall–Kier alpha value is -1.91.